The molecule has 1 aliphatic rings. The molecule has 1 heterocycles. The summed E-state index contributed by atoms with van der Waals surface area (Å²) in [5, 5.41) is 8.59. The van der Waals surface area contributed by atoms with Crippen LogP contribution in [-0.4, -0.2) is 84.0 Å². The van der Waals surface area contributed by atoms with Crippen LogP contribution in [0.15, 0.2) is 60.7 Å². The highest BCUT2D eigenvalue weighted by molar-refractivity contribution is 6.35. The van der Waals surface area contributed by atoms with Crippen LogP contribution in [0, 0.1) is 11.8 Å². The number of carbonyl (C=O) groups is 6. The lowest BCUT2D eigenvalue weighted by Crippen LogP contribution is -2.59. The Balaban J connectivity index is 1.74. The summed E-state index contributed by atoms with van der Waals surface area (Å²) in [4.78, 5) is 79.5. The number of piperidine rings is 1. The molecule has 0 bridgehead atoms. The van der Waals surface area contributed by atoms with Gasteiger partial charge < -0.3 is 38.1 Å². The largest absolute Gasteiger partial charge is 0.363 e. The molecule has 278 valence electrons. The van der Waals surface area contributed by atoms with E-state index in [1.807, 2.05) is 74.5 Å². The summed E-state index contributed by atoms with van der Waals surface area (Å²) in [5.74, 6) is -3.41. The van der Waals surface area contributed by atoms with E-state index in [0.717, 1.165) is 11.1 Å². The van der Waals surface area contributed by atoms with Gasteiger partial charge in [-0.25, -0.2) is 0 Å². The van der Waals surface area contributed by atoms with Gasteiger partial charge in [0, 0.05) is 25.9 Å². The first-order chi connectivity index (χ1) is 24.4. The maximum Gasteiger partial charge on any atom is 0.284 e. The molecule has 1 aliphatic heterocycles. The van der Waals surface area contributed by atoms with Crippen LogP contribution in [0.1, 0.15) is 69.9 Å². The van der Waals surface area contributed by atoms with Crippen molar-refractivity contribution in [1.82, 2.24) is 20.9 Å². The smallest absolute Gasteiger partial charge is 0.284 e. The Morgan fingerprint density at radius 1 is 0.745 bits per heavy atom. The van der Waals surface area contributed by atoms with Gasteiger partial charge in [0.05, 0.1) is 6.04 Å². The van der Waals surface area contributed by atoms with E-state index in [0.29, 0.717) is 58.2 Å². The average Bonchev–Trinajstić information content (AvgIpc) is 3.11. The second kappa shape index (κ2) is 20.9. The molecule has 1 fully saturated rings. The molecule has 0 radical (unpaired) electrons. The van der Waals surface area contributed by atoms with Crippen molar-refractivity contribution in [3.05, 3.63) is 71.8 Å². The fraction of sp³-hybridized carbons (Fsp3) is 0.526. The predicted molar refractivity (Wildman–Crippen MR) is 195 cm³/mol. The second-order valence-electron chi connectivity index (χ2n) is 13.8. The van der Waals surface area contributed by atoms with Crippen molar-refractivity contribution < 1.29 is 28.8 Å². The quantitative estimate of drug-likeness (QED) is 0.0864. The number of hydrogen-bond acceptors (Lipinski definition) is 8. The van der Waals surface area contributed by atoms with Crippen molar-refractivity contribution in [2.24, 2.45) is 29.0 Å². The summed E-state index contributed by atoms with van der Waals surface area (Å²) >= 11 is 0. The van der Waals surface area contributed by atoms with Crippen molar-refractivity contribution in [2.45, 2.75) is 95.8 Å². The first-order valence-electron chi connectivity index (χ1n) is 17.9. The highest BCUT2D eigenvalue weighted by Gasteiger charge is 2.34. The van der Waals surface area contributed by atoms with E-state index in [2.05, 4.69) is 16.0 Å². The molecule has 0 unspecified atom stereocenters. The molecule has 13 nitrogen and oxygen atoms in total. The Bertz CT molecular complexity index is 1450. The number of unbranched alkanes of at least 4 members (excludes halogenated alkanes) is 1. The lowest BCUT2D eigenvalue weighted by molar-refractivity contribution is -0.139. The standard InChI is InChI=1S/C38H55N7O6/c1-25(2)21-31(36(49)42-30(15-9-10-18-39)38(51)45-19-16-28(17-20-45)24-33(46)34(41)47)44-37(50)32(23-27-13-7-4-8-14-27)43-35(48)29(40)22-26-11-5-3-6-12-26/h3-8,11-14,25,28-32H,9-10,15-24,39-40H2,1-2H3,(H2,41,47)(H,42,49)(H,43,48)(H,44,50)/t29-,30-,31-,32-/m1/s1. The molecular formula is C38H55N7O6. The Labute approximate surface area is 300 Å². The zero-order chi connectivity index (χ0) is 37.3. The molecule has 1 saturated heterocycles. The van der Waals surface area contributed by atoms with Gasteiger partial charge in [0.25, 0.3) is 5.91 Å². The molecule has 0 saturated carbocycles. The van der Waals surface area contributed by atoms with E-state index < -0.39 is 53.6 Å². The summed E-state index contributed by atoms with van der Waals surface area (Å²) in [6.45, 7) is 5.03. The van der Waals surface area contributed by atoms with Crippen LogP contribution in [0.25, 0.3) is 0 Å². The van der Waals surface area contributed by atoms with Crippen LogP contribution >= 0.6 is 0 Å². The monoisotopic (exact) mass is 705 g/mol. The van der Waals surface area contributed by atoms with Gasteiger partial charge in [-0.3, -0.25) is 28.8 Å². The molecule has 0 spiro atoms. The lowest BCUT2D eigenvalue weighted by Gasteiger charge is -2.34. The number of nitrogens with one attached hydrogen (secondary N) is 3. The first-order valence-corrected chi connectivity index (χ1v) is 17.9. The van der Waals surface area contributed by atoms with Crippen LogP contribution in [0.5, 0.6) is 0 Å². The van der Waals surface area contributed by atoms with Gasteiger partial charge in [0.15, 0.2) is 0 Å². The van der Waals surface area contributed by atoms with Gasteiger partial charge in [-0.05, 0) is 74.5 Å². The second-order valence-corrected chi connectivity index (χ2v) is 13.8. The summed E-state index contributed by atoms with van der Waals surface area (Å²) in [6, 6.07) is 14.8. The van der Waals surface area contributed by atoms with Crippen LogP contribution in [0.2, 0.25) is 0 Å². The minimum absolute atomic E-state index is 0.0102. The van der Waals surface area contributed by atoms with Crippen molar-refractivity contribution in [3.63, 3.8) is 0 Å². The zero-order valence-corrected chi connectivity index (χ0v) is 29.9. The van der Waals surface area contributed by atoms with Gasteiger partial charge in [-0.15, -0.1) is 0 Å². The molecule has 4 atom stereocenters. The summed E-state index contributed by atoms with van der Waals surface area (Å²) in [7, 11) is 0. The number of nitrogens with zero attached hydrogens (tertiary/aromatic N) is 1. The van der Waals surface area contributed by atoms with E-state index in [-0.39, 0.29) is 37.0 Å². The van der Waals surface area contributed by atoms with E-state index in [1.54, 1.807) is 4.90 Å². The van der Waals surface area contributed by atoms with Gasteiger partial charge >= 0.3 is 0 Å². The number of hydrogen-bond donors (Lipinski definition) is 6. The highest BCUT2D eigenvalue weighted by Crippen LogP contribution is 2.22. The van der Waals surface area contributed by atoms with Gasteiger partial charge in [0.2, 0.25) is 29.4 Å². The van der Waals surface area contributed by atoms with E-state index >= 15 is 0 Å². The number of likely N-dealkylation sites (tertiary alicyclic amines) is 1. The molecule has 0 aliphatic carbocycles. The molecule has 0 aromatic heterocycles. The van der Waals surface area contributed by atoms with Crippen molar-refractivity contribution >= 4 is 35.3 Å². The Kier molecular flexibility index (Phi) is 16.7. The highest BCUT2D eigenvalue weighted by atomic mass is 16.2. The molecule has 3 rings (SSSR count). The number of Topliss-reactive ketones (excluding diaryl/α,β-unsaturated/α-hetero) is 1. The summed E-state index contributed by atoms with van der Waals surface area (Å²) < 4.78 is 0. The van der Waals surface area contributed by atoms with Crippen LogP contribution in [0.3, 0.4) is 0 Å². The molecule has 51 heavy (non-hydrogen) atoms. The molecule has 2 aromatic rings. The maximum absolute atomic E-state index is 13.9. The van der Waals surface area contributed by atoms with E-state index in [9.17, 15) is 28.8 Å². The number of rotatable bonds is 20. The molecule has 2 aromatic carbocycles. The maximum atomic E-state index is 13.9. The molecule has 9 N–H and O–H groups in total. The minimum atomic E-state index is -1.02. The Morgan fingerprint density at radius 2 is 1.27 bits per heavy atom. The van der Waals surface area contributed by atoms with E-state index in [4.69, 9.17) is 17.2 Å². The normalized spacial score (nSPS) is 15.7. The van der Waals surface area contributed by atoms with E-state index in [1.165, 1.54) is 0 Å². The van der Waals surface area contributed by atoms with Gasteiger partial charge in [-0.2, -0.15) is 0 Å². The van der Waals surface area contributed by atoms with Crippen molar-refractivity contribution in [1.29, 1.82) is 0 Å². The molecule has 13 heteroatoms. The predicted octanol–water partition coefficient (Wildman–Crippen LogP) is 1.11. The molecular weight excluding hydrogens is 650 g/mol. The average molecular weight is 706 g/mol. The number of primary amides is 1. The number of benzene rings is 2. The summed E-state index contributed by atoms with van der Waals surface area (Å²) in [6.07, 6.45) is 3.49. The number of nitrogens with two attached hydrogens (primary N) is 3. The third-order valence-electron chi connectivity index (χ3n) is 9.13. The van der Waals surface area contributed by atoms with Crippen LogP contribution in [-0.2, 0) is 41.6 Å². The lowest BCUT2D eigenvalue weighted by atomic mass is 9.91. The zero-order valence-electron chi connectivity index (χ0n) is 29.9. The van der Waals surface area contributed by atoms with Crippen molar-refractivity contribution in [2.75, 3.05) is 19.6 Å². The Morgan fingerprint density at radius 3 is 1.82 bits per heavy atom. The SMILES string of the molecule is CC(C)C[C@@H](NC(=O)[C@@H](Cc1ccccc1)NC(=O)[C@H](N)Cc1ccccc1)C(=O)N[C@H](CCCCN)C(=O)N1CCC(CC(=O)C(N)=O)CC1. The topological polar surface area (TPSA) is 220 Å². The van der Waals surface area contributed by atoms with Crippen LogP contribution in [0.4, 0.5) is 0 Å². The Hall–Kier alpha value is -4.62. The van der Waals surface area contributed by atoms with Crippen LogP contribution < -0.4 is 33.2 Å². The van der Waals surface area contributed by atoms with Gasteiger partial charge in [0.1, 0.15) is 18.1 Å². The fourth-order valence-corrected chi connectivity index (χ4v) is 6.24. The fourth-order valence-electron chi connectivity index (χ4n) is 6.24. The van der Waals surface area contributed by atoms with Gasteiger partial charge in [-0.1, -0.05) is 74.5 Å². The summed E-state index contributed by atoms with van der Waals surface area (Å²) in [5.41, 5.74) is 18.8. The molecule has 5 amide bonds. The third kappa shape index (κ3) is 13.9. The number of amides is 5. The number of carbonyl (C=O) groups excluding carboxylic acids is 6. The minimum Gasteiger partial charge on any atom is -0.363 e. The first kappa shape index (κ1) is 40.8. The number of ketones is 1. The van der Waals surface area contributed by atoms with Crippen molar-refractivity contribution in [3.8, 4) is 0 Å². The third-order valence-corrected chi connectivity index (χ3v) is 9.13.